The molecule has 8 nitrogen and oxygen atoms in total. The van der Waals surface area contributed by atoms with Gasteiger partial charge in [-0.3, -0.25) is 4.98 Å². The van der Waals surface area contributed by atoms with Crippen LogP contribution in [0.15, 0.2) is 30.5 Å². The van der Waals surface area contributed by atoms with Crippen molar-refractivity contribution < 1.29 is 29.6 Å². The van der Waals surface area contributed by atoms with E-state index < -0.39 is 6.10 Å². The average molecular weight is 392 g/mol. The molecule has 2 rings (SSSR count). The zero-order valence-electron chi connectivity index (χ0n) is 16.5. The third-order valence-corrected chi connectivity index (χ3v) is 4.22. The van der Waals surface area contributed by atoms with Crippen molar-refractivity contribution in [1.82, 2.24) is 10.0 Å². The van der Waals surface area contributed by atoms with Gasteiger partial charge in [0.25, 0.3) is 0 Å². The molecular formula is C20H28N2O6. The number of rotatable bonds is 11. The second-order valence-electron chi connectivity index (χ2n) is 6.18. The molecule has 1 aromatic heterocycles. The first-order chi connectivity index (χ1) is 13.5. The van der Waals surface area contributed by atoms with Crippen molar-refractivity contribution in [2.45, 2.75) is 33.2 Å². The number of aliphatic hydroxyl groups is 3. The maximum Gasteiger partial charge on any atom is 0.189 e. The van der Waals surface area contributed by atoms with Crippen molar-refractivity contribution in [1.29, 1.82) is 0 Å². The molecule has 8 heteroatoms. The van der Waals surface area contributed by atoms with E-state index in [0.717, 1.165) is 0 Å². The lowest BCUT2D eigenvalue weighted by Gasteiger charge is -2.25. The van der Waals surface area contributed by atoms with Crippen LogP contribution in [0, 0.1) is 6.92 Å². The van der Waals surface area contributed by atoms with Gasteiger partial charge in [-0.1, -0.05) is 12.1 Å². The number of aryl methyl sites for hydroxylation is 1. The second-order valence-corrected chi connectivity index (χ2v) is 6.18. The molecule has 0 spiro atoms. The van der Waals surface area contributed by atoms with Gasteiger partial charge < -0.3 is 29.6 Å². The Morgan fingerprint density at radius 2 is 1.86 bits per heavy atom. The number of aliphatic hydroxyl groups excluding tert-OH is 3. The molecule has 0 aliphatic rings. The monoisotopic (exact) mass is 392 g/mol. The van der Waals surface area contributed by atoms with Gasteiger partial charge in [-0.05, 0) is 26.0 Å². The number of likely N-dealkylation sites (N-methyl/N-ethyl adjacent to an activating group) is 1. The number of para-hydroxylation sites is 2. The molecule has 1 heterocycles. The lowest BCUT2D eigenvalue weighted by atomic mass is 10.1. The number of hydrogen-bond acceptors (Lipinski definition) is 8. The van der Waals surface area contributed by atoms with Gasteiger partial charge in [-0.2, -0.15) is 0 Å². The Bertz CT molecular complexity index is 755. The smallest absolute Gasteiger partial charge is 0.189 e. The van der Waals surface area contributed by atoms with Gasteiger partial charge >= 0.3 is 0 Å². The van der Waals surface area contributed by atoms with Crippen molar-refractivity contribution in [3.8, 4) is 17.2 Å². The fourth-order valence-corrected chi connectivity index (χ4v) is 2.71. The van der Waals surface area contributed by atoms with E-state index >= 15 is 0 Å². The van der Waals surface area contributed by atoms with Gasteiger partial charge in [0, 0.05) is 23.9 Å². The minimum atomic E-state index is -0.849. The highest BCUT2D eigenvalue weighted by atomic mass is 16.7. The molecule has 0 aliphatic carbocycles. The van der Waals surface area contributed by atoms with Crippen molar-refractivity contribution in [3.05, 3.63) is 47.3 Å². The molecule has 0 aliphatic heterocycles. The van der Waals surface area contributed by atoms with E-state index in [4.69, 9.17) is 14.3 Å². The van der Waals surface area contributed by atoms with Crippen LogP contribution in [0.25, 0.3) is 0 Å². The van der Waals surface area contributed by atoms with E-state index in [1.54, 1.807) is 31.2 Å². The zero-order chi connectivity index (χ0) is 20.5. The molecule has 0 saturated heterocycles. The van der Waals surface area contributed by atoms with Crippen LogP contribution in [0.1, 0.15) is 23.7 Å². The van der Waals surface area contributed by atoms with E-state index in [2.05, 4.69) is 4.98 Å². The summed E-state index contributed by atoms with van der Waals surface area (Å²) >= 11 is 0. The van der Waals surface area contributed by atoms with Gasteiger partial charge in [-0.15, -0.1) is 5.06 Å². The molecule has 0 amide bonds. The molecule has 28 heavy (non-hydrogen) atoms. The lowest BCUT2D eigenvalue weighted by molar-refractivity contribution is -0.0872. The van der Waals surface area contributed by atoms with Gasteiger partial charge in [0.05, 0.1) is 32.6 Å². The van der Waals surface area contributed by atoms with E-state index in [1.165, 1.54) is 6.20 Å². The van der Waals surface area contributed by atoms with Gasteiger partial charge in [0.15, 0.2) is 11.5 Å². The summed E-state index contributed by atoms with van der Waals surface area (Å²) in [6.45, 7) is 3.83. The Balaban J connectivity index is 2.00. The average Bonchev–Trinajstić information content (AvgIpc) is 2.72. The number of pyridine rings is 1. The molecular weight excluding hydrogens is 364 g/mol. The number of methoxy groups -OCH3 is 1. The molecule has 1 unspecified atom stereocenters. The molecule has 0 fully saturated rings. The van der Waals surface area contributed by atoms with Crippen molar-refractivity contribution in [3.63, 3.8) is 0 Å². The van der Waals surface area contributed by atoms with Crippen LogP contribution >= 0.6 is 0 Å². The van der Waals surface area contributed by atoms with Gasteiger partial charge in [-0.25, -0.2) is 0 Å². The molecule has 1 aromatic carbocycles. The second kappa shape index (κ2) is 10.8. The summed E-state index contributed by atoms with van der Waals surface area (Å²) in [7, 11) is 1.57. The Morgan fingerprint density at radius 3 is 2.46 bits per heavy atom. The van der Waals surface area contributed by atoms with Crippen LogP contribution in [0.4, 0.5) is 0 Å². The summed E-state index contributed by atoms with van der Waals surface area (Å²) in [6, 6.07) is 7.27. The normalized spacial score (nSPS) is 12.1. The van der Waals surface area contributed by atoms with Crippen LogP contribution in [0.3, 0.4) is 0 Å². The first-order valence-corrected chi connectivity index (χ1v) is 9.09. The topological polar surface area (TPSA) is 105 Å². The Kier molecular flexibility index (Phi) is 8.46. The van der Waals surface area contributed by atoms with Crippen LogP contribution in [-0.2, 0) is 13.2 Å². The van der Waals surface area contributed by atoms with E-state index in [9.17, 15) is 15.3 Å². The number of hydrogen-bond donors (Lipinski definition) is 3. The van der Waals surface area contributed by atoms with E-state index in [0.29, 0.717) is 40.6 Å². The molecule has 154 valence electrons. The number of aromatic nitrogens is 1. The first kappa shape index (κ1) is 21.9. The summed E-state index contributed by atoms with van der Waals surface area (Å²) < 4.78 is 11.0. The lowest BCUT2D eigenvalue weighted by Crippen LogP contribution is -2.38. The fourth-order valence-electron chi connectivity index (χ4n) is 2.71. The summed E-state index contributed by atoms with van der Waals surface area (Å²) in [6.07, 6.45) is 0.655. The standard InChI is InChI=1S/C20H28N2O6/c1-4-22(28-19-8-6-5-7-18(19)26-3)10-16(25)13-27-20-14(2)21-9-15(11-23)17(20)12-24/h5-9,16,23-25H,4,10-13H2,1-3H3. The van der Waals surface area contributed by atoms with E-state index in [1.807, 2.05) is 19.1 Å². The SMILES string of the molecule is CCN(CC(O)COc1c(C)ncc(CO)c1CO)Oc1ccccc1OC. The zero-order valence-corrected chi connectivity index (χ0v) is 16.5. The summed E-state index contributed by atoms with van der Waals surface area (Å²) in [5, 5.41) is 31.0. The minimum absolute atomic E-state index is 0.0177. The van der Waals surface area contributed by atoms with Crippen molar-refractivity contribution in [2.75, 3.05) is 26.8 Å². The first-order valence-electron chi connectivity index (χ1n) is 9.09. The molecule has 3 N–H and O–H groups in total. The molecule has 0 radical (unpaired) electrons. The predicted octanol–water partition coefficient (Wildman–Crippen LogP) is 1.44. The maximum atomic E-state index is 10.4. The van der Waals surface area contributed by atoms with Crippen LogP contribution < -0.4 is 14.3 Å². The largest absolute Gasteiger partial charge is 0.493 e. The van der Waals surface area contributed by atoms with Crippen LogP contribution in [0.2, 0.25) is 0 Å². The van der Waals surface area contributed by atoms with Crippen molar-refractivity contribution in [2.24, 2.45) is 0 Å². The van der Waals surface area contributed by atoms with Gasteiger partial charge in [0.2, 0.25) is 0 Å². The van der Waals surface area contributed by atoms with Gasteiger partial charge in [0.1, 0.15) is 18.5 Å². The Morgan fingerprint density at radius 1 is 1.14 bits per heavy atom. The highest BCUT2D eigenvalue weighted by Gasteiger charge is 2.18. The highest BCUT2D eigenvalue weighted by Crippen LogP contribution is 2.27. The summed E-state index contributed by atoms with van der Waals surface area (Å²) in [4.78, 5) is 9.98. The maximum absolute atomic E-state index is 10.4. The number of ether oxygens (including phenoxy) is 2. The minimum Gasteiger partial charge on any atom is -0.493 e. The molecule has 1 atom stereocenters. The van der Waals surface area contributed by atoms with Crippen LogP contribution in [0.5, 0.6) is 17.2 Å². The quantitative estimate of drug-likeness (QED) is 0.494. The molecule has 0 saturated carbocycles. The molecule has 0 bridgehead atoms. The molecule has 2 aromatic rings. The predicted molar refractivity (Wildman–Crippen MR) is 103 cm³/mol. The summed E-state index contributed by atoms with van der Waals surface area (Å²) in [5.74, 6) is 1.53. The van der Waals surface area contributed by atoms with Crippen LogP contribution in [-0.4, -0.2) is 58.3 Å². The Hall–Kier alpha value is -2.39. The van der Waals surface area contributed by atoms with Crippen molar-refractivity contribution >= 4 is 0 Å². The third-order valence-electron chi connectivity index (χ3n) is 4.22. The number of benzene rings is 1. The number of hydroxylamine groups is 2. The summed E-state index contributed by atoms with van der Waals surface area (Å²) in [5.41, 5.74) is 1.54. The number of nitrogens with zero attached hydrogens (tertiary/aromatic N) is 2. The highest BCUT2D eigenvalue weighted by molar-refractivity contribution is 5.41. The van der Waals surface area contributed by atoms with E-state index in [-0.39, 0.29) is 26.4 Å². The third kappa shape index (κ3) is 5.56. The Labute approximate surface area is 164 Å². The fraction of sp³-hybridized carbons (Fsp3) is 0.450.